The number of hydrogen-bond acceptors (Lipinski definition) is 3. The van der Waals surface area contributed by atoms with Crippen molar-refractivity contribution in [1.29, 1.82) is 0 Å². The number of rotatable bonds is 5. The van der Waals surface area contributed by atoms with Gasteiger partial charge in [-0.25, -0.2) is 0 Å². The summed E-state index contributed by atoms with van der Waals surface area (Å²) in [5.41, 5.74) is -1.92. The highest BCUT2D eigenvalue weighted by Gasteiger charge is 2.38. The van der Waals surface area contributed by atoms with E-state index >= 15 is 0 Å². The highest BCUT2D eigenvalue weighted by Crippen LogP contribution is 2.37. The van der Waals surface area contributed by atoms with Gasteiger partial charge in [-0.3, -0.25) is 10.1 Å². The van der Waals surface area contributed by atoms with Crippen molar-refractivity contribution < 1.29 is 18.1 Å². The minimum atomic E-state index is -4.74. The van der Waals surface area contributed by atoms with Crippen LogP contribution in [0.2, 0.25) is 0 Å². The maximum absolute atomic E-state index is 12.7. The number of nitro groups is 1. The zero-order chi connectivity index (χ0) is 14.6. The van der Waals surface area contributed by atoms with Gasteiger partial charge in [0.2, 0.25) is 0 Å². The van der Waals surface area contributed by atoms with E-state index in [4.69, 9.17) is 0 Å². The highest BCUT2D eigenvalue weighted by atomic mass is 19.4. The standard InChI is InChI=1S/C12H15F3N2O2/c1-3-8(2)7-16-9-4-5-11(17(18)19)10(6-9)12(13,14)15/h4-6,8,16H,3,7H2,1-2H3. The van der Waals surface area contributed by atoms with E-state index in [1.807, 2.05) is 13.8 Å². The molecule has 1 aromatic carbocycles. The molecule has 0 heterocycles. The van der Waals surface area contributed by atoms with Crippen molar-refractivity contribution in [3.05, 3.63) is 33.9 Å². The molecule has 1 atom stereocenters. The van der Waals surface area contributed by atoms with Crippen LogP contribution in [0.5, 0.6) is 0 Å². The van der Waals surface area contributed by atoms with Crippen molar-refractivity contribution in [1.82, 2.24) is 0 Å². The molecule has 0 bridgehead atoms. The summed E-state index contributed by atoms with van der Waals surface area (Å²) in [6.45, 7) is 4.46. The van der Waals surface area contributed by atoms with E-state index < -0.39 is 22.4 Å². The number of nitro benzene ring substituents is 1. The second-order valence-electron chi connectivity index (χ2n) is 4.38. The van der Waals surface area contributed by atoms with Crippen molar-refractivity contribution in [2.45, 2.75) is 26.4 Å². The van der Waals surface area contributed by atoms with Crippen LogP contribution < -0.4 is 5.32 Å². The van der Waals surface area contributed by atoms with Crippen molar-refractivity contribution >= 4 is 11.4 Å². The quantitative estimate of drug-likeness (QED) is 0.651. The molecule has 7 heteroatoms. The number of halogens is 3. The molecule has 0 aromatic heterocycles. The molecule has 0 radical (unpaired) electrons. The zero-order valence-electron chi connectivity index (χ0n) is 10.6. The van der Waals surface area contributed by atoms with Crippen LogP contribution >= 0.6 is 0 Å². The first kappa shape index (κ1) is 15.3. The van der Waals surface area contributed by atoms with Crippen LogP contribution in [-0.2, 0) is 6.18 Å². The molecule has 0 amide bonds. The molecule has 1 N–H and O–H groups in total. The average molecular weight is 276 g/mol. The zero-order valence-corrected chi connectivity index (χ0v) is 10.6. The Hall–Kier alpha value is -1.79. The molecular weight excluding hydrogens is 261 g/mol. The van der Waals surface area contributed by atoms with Crippen LogP contribution in [-0.4, -0.2) is 11.5 Å². The fourth-order valence-electron chi connectivity index (χ4n) is 1.47. The Bertz CT molecular complexity index is 461. The SMILES string of the molecule is CCC(C)CNc1ccc([N+](=O)[O-])c(C(F)(F)F)c1. The van der Waals surface area contributed by atoms with Crippen LogP contribution in [0.1, 0.15) is 25.8 Å². The molecule has 4 nitrogen and oxygen atoms in total. The van der Waals surface area contributed by atoms with Gasteiger partial charge < -0.3 is 5.32 Å². The molecule has 19 heavy (non-hydrogen) atoms. The Kier molecular flexibility index (Phi) is 4.74. The van der Waals surface area contributed by atoms with Crippen molar-refractivity contribution in [3.8, 4) is 0 Å². The van der Waals surface area contributed by atoms with E-state index in [0.717, 1.165) is 18.6 Å². The molecule has 1 rings (SSSR count). The minimum absolute atomic E-state index is 0.234. The van der Waals surface area contributed by atoms with Gasteiger partial charge in [0.25, 0.3) is 5.69 Å². The van der Waals surface area contributed by atoms with E-state index in [1.165, 1.54) is 6.07 Å². The summed E-state index contributed by atoms with van der Waals surface area (Å²) in [7, 11) is 0. The lowest BCUT2D eigenvalue weighted by Gasteiger charge is -2.13. The summed E-state index contributed by atoms with van der Waals surface area (Å²) >= 11 is 0. The number of benzene rings is 1. The third kappa shape index (κ3) is 4.11. The van der Waals surface area contributed by atoms with E-state index in [-0.39, 0.29) is 5.69 Å². The van der Waals surface area contributed by atoms with Crippen LogP contribution in [0.3, 0.4) is 0 Å². The van der Waals surface area contributed by atoms with E-state index in [0.29, 0.717) is 12.5 Å². The second-order valence-corrected chi connectivity index (χ2v) is 4.38. The van der Waals surface area contributed by atoms with Gasteiger partial charge in [0.05, 0.1) is 4.92 Å². The number of anilines is 1. The first-order chi connectivity index (χ1) is 8.75. The number of nitrogens with zero attached hydrogens (tertiary/aromatic N) is 1. The molecule has 0 saturated heterocycles. The lowest BCUT2D eigenvalue weighted by atomic mass is 10.1. The van der Waals surface area contributed by atoms with Gasteiger partial charge >= 0.3 is 6.18 Å². The summed E-state index contributed by atoms with van der Waals surface area (Å²) in [5, 5.41) is 13.4. The van der Waals surface area contributed by atoms with Gasteiger partial charge in [-0.2, -0.15) is 13.2 Å². The Balaban J connectivity index is 3.02. The van der Waals surface area contributed by atoms with Crippen LogP contribution in [0.15, 0.2) is 18.2 Å². The van der Waals surface area contributed by atoms with Gasteiger partial charge in [0.1, 0.15) is 5.56 Å². The third-order valence-corrected chi connectivity index (χ3v) is 2.85. The predicted molar refractivity (Wildman–Crippen MR) is 66.0 cm³/mol. The average Bonchev–Trinajstić information content (AvgIpc) is 2.34. The number of nitrogens with one attached hydrogen (secondary N) is 1. The summed E-state index contributed by atoms with van der Waals surface area (Å²) in [6, 6.07) is 2.94. The smallest absolute Gasteiger partial charge is 0.385 e. The summed E-state index contributed by atoms with van der Waals surface area (Å²) in [6.07, 6.45) is -3.84. The summed E-state index contributed by atoms with van der Waals surface area (Å²) in [5.74, 6) is 0.310. The molecule has 1 unspecified atom stereocenters. The van der Waals surface area contributed by atoms with Gasteiger partial charge in [-0.1, -0.05) is 20.3 Å². The third-order valence-electron chi connectivity index (χ3n) is 2.85. The lowest BCUT2D eigenvalue weighted by molar-refractivity contribution is -0.388. The molecule has 0 aliphatic heterocycles. The fourth-order valence-corrected chi connectivity index (χ4v) is 1.47. The van der Waals surface area contributed by atoms with E-state index in [2.05, 4.69) is 5.32 Å². The normalized spacial score (nSPS) is 13.1. The summed E-state index contributed by atoms with van der Waals surface area (Å²) in [4.78, 5) is 9.55. The summed E-state index contributed by atoms with van der Waals surface area (Å²) < 4.78 is 38.2. The van der Waals surface area contributed by atoms with Gasteiger partial charge in [-0.05, 0) is 18.1 Å². The van der Waals surface area contributed by atoms with E-state index in [9.17, 15) is 23.3 Å². The van der Waals surface area contributed by atoms with Crippen molar-refractivity contribution in [3.63, 3.8) is 0 Å². The second kappa shape index (κ2) is 5.90. The topological polar surface area (TPSA) is 55.2 Å². The Morgan fingerprint density at radius 3 is 2.53 bits per heavy atom. The Morgan fingerprint density at radius 1 is 1.42 bits per heavy atom. The van der Waals surface area contributed by atoms with Crippen LogP contribution in [0, 0.1) is 16.0 Å². The number of hydrogen-bond donors (Lipinski definition) is 1. The first-order valence-corrected chi connectivity index (χ1v) is 5.85. The van der Waals surface area contributed by atoms with Crippen LogP contribution in [0.4, 0.5) is 24.5 Å². The van der Waals surface area contributed by atoms with Crippen LogP contribution in [0.25, 0.3) is 0 Å². The predicted octanol–water partition coefficient (Wildman–Crippen LogP) is 4.07. The Morgan fingerprint density at radius 2 is 2.05 bits per heavy atom. The number of alkyl halides is 3. The van der Waals surface area contributed by atoms with Crippen molar-refractivity contribution in [2.24, 2.45) is 5.92 Å². The monoisotopic (exact) mass is 276 g/mol. The highest BCUT2D eigenvalue weighted by molar-refractivity contribution is 5.55. The van der Waals surface area contributed by atoms with E-state index in [1.54, 1.807) is 0 Å². The lowest BCUT2D eigenvalue weighted by Crippen LogP contribution is -2.13. The molecule has 106 valence electrons. The van der Waals surface area contributed by atoms with Gasteiger partial charge in [0.15, 0.2) is 0 Å². The largest absolute Gasteiger partial charge is 0.423 e. The molecule has 0 spiro atoms. The molecule has 0 fully saturated rings. The molecule has 0 saturated carbocycles. The first-order valence-electron chi connectivity index (χ1n) is 5.85. The maximum atomic E-state index is 12.7. The molecule has 1 aromatic rings. The molecular formula is C12H15F3N2O2. The van der Waals surface area contributed by atoms with Gasteiger partial charge in [0, 0.05) is 18.3 Å². The molecule has 0 aliphatic rings. The van der Waals surface area contributed by atoms with Crippen molar-refractivity contribution in [2.75, 3.05) is 11.9 Å². The Labute approximate surface area is 108 Å². The van der Waals surface area contributed by atoms with Gasteiger partial charge in [-0.15, -0.1) is 0 Å². The minimum Gasteiger partial charge on any atom is -0.385 e. The molecule has 0 aliphatic carbocycles. The fraction of sp³-hybridized carbons (Fsp3) is 0.500. The maximum Gasteiger partial charge on any atom is 0.423 e.